The van der Waals surface area contributed by atoms with E-state index in [1.807, 2.05) is 41.8 Å². The van der Waals surface area contributed by atoms with Crippen molar-refractivity contribution in [3.8, 4) is 17.2 Å². The minimum absolute atomic E-state index is 0.00437. The fourth-order valence-electron chi connectivity index (χ4n) is 5.04. The second kappa shape index (κ2) is 14.0. The lowest BCUT2D eigenvalue weighted by Crippen LogP contribution is -2.28. The molecule has 2 amide bonds. The summed E-state index contributed by atoms with van der Waals surface area (Å²) in [6.45, 7) is 0.0671. The molecule has 0 unspecified atom stereocenters. The Bertz CT molecular complexity index is 1860. The van der Waals surface area contributed by atoms with Crippen LogP contribution in [0.3, 0.4) is 0 Å². The van der Waals surface area contributed by atoms with Crippen molar-refractivity contribution in [1.82, 2.24) is 25.1 Å². The van der Waals surface area contributed by atoms with E-state index in [0.29, 0.717) is 40.2 Å². The number of carbonyl (C=O) groups is 2. The number of rotatable bonds is 11. The van der Waals surface area contributed by atoms with E-state index < -0.39 is 0 Å². The Morgan fingerprint density at radius 1 is 0.978 bits per heavy atom. The molecule has 13 heteroatoms. The van der Waals surface area contributed by atoms with Crippen LogP contribution in [0.1, 0.15) is 39.1 Å². The van der Waals surface area contributed by atoms with Gasteiger partial charge in [0, 0.05) is 12.0 Å². The molecule has 6 rings (SSSR count). The Balaban J connectivity index is 1.24. The smallest absolute Gasteiger partial charge is 0.253 e. The summed E-state index contributed by atoms with van der Waals surface area (Å²) in [4.78, 5) is 27.7. The largest absolute Gasteiger partial charge is 0.497 e. The van der Waals surface area contributed by atoms with Crippen LogP contribution in [0.4, 0.5) is 4.39 Å². The molecule has 0 bridgehead atoms. The molecule has 2 aromatic heterocycles. The molecule has 1 N–H and O–H groups in total. The molecule has 0 saturated carbocycles. The number of thioether (sulfide) groups is 1. The van der Waals surface area contributed by atoms with Crippen LogP contribution in [0.15, 0.2) is 101 Å². The summed E-state index contributed by atoms with van der Waals surface area (Å²) in [5.74, 6) is 0.793. The second-order valence-corrected chi connectivity index (χ2v) is 12.0. The van der Waals surface area contributed by atoms with Gasteiger partial charge in [-0.2, -0.15) is 5.10 Å². The van der Waals surface area contributed by atoms with Gasteiger partial charge in [0.05, 0.1) is 48.8 Å². The van der Waals surface area contributed by atoms with Gasteiger partial charge in [0.25, 0.3) is 11.8 Å². The monoisotopic (exact) mass is 656 g/mol. The highest BCUT2D eigenvalue weighted by atomic mass is 32.2. The zero-order valence-corrected chi connectivity index (χ0v) is 26.6. The number of benzene rings is 3. The van der Waals surface area contributed by atoms with Crippen LogP contribution in [0.25, 0.3) is 5.69 Å². The minimum atomic E-state index is -0.374. The number of hydrogen-bond acceptors (Lipinski definition) is 9. The normalized spacial score (nSPS) is 14.2. The van der Waals surface area contributed by atoms with Gasteiger partial charge in [-0.05, 0) is 65.5 Å². The van der Waals surface area contributed by atoms with Gasteiger partial charge >= 0.3 is 0 Å². The Morgan fingerprint density at radius 2 is 1.76 bits per heavy atom. The first-order valence-corrected chi connectivity index (χ1v) is 16.1. The zero-order valence-electron chi connectivity index (χ0n) is 24.9. The van der Waals surface area contributed by atoms with Crippen molar-refractivity contribution in [3.63, 3.8) is 0 Å². The molecule has 0 fully saturated rings. The average molecular weight is 657 g/mol. The number of ether oxygens (including phenoxy) is 2. The summed E-state index contributed by atoms with van der Waals surface area (Å²) < 4.78 is 26.3. The summed E-state index contributed by atoms with van der Waals surface area (Å²) in [6, 6.07) is 23.8. The van der Waals surface area contributed by atoms with Gasteiger partial charge in [0.15, 0.2) is 11.0 Å². The number of carbonyl (C=O) groups excluding carboxylic acids is 2. The van der Waals surface area contributed by atoms with Gasteiger partial charge in [-0.3, -0.25) is 14.2 Å². The van der Waals surface area contributed by atoms with Crippen LogP contribution in [-0.2, 0) is 11.3 Å². The second-order valence-electron chi connectivity index (χ2n) is 10.1. The Morgan fingerprint density at radius 3 is 2.48 bits per heavy atom. The first kappa shape index (κ1) is 31.0. The van der Waals surface area contributed by atoms with Crippen molar-refractivity contribution in [2.75, 3.05) is 20.0 Å². The number of methoxy groups -OCH3 is 2. The quantitative estimate of drug-likeness (QED) is 0.177. The maximum absolute atomic E-state index is 13.8. The number of nitrogens with zero attached hydrogens (tertiary/aromatic N) is 5. The number of thiophene rings is 1. The molecule has 0 radical (unpaired) electrons. The van der Waals surface area contributed by atoms with Crippen molar-refractivity contribution in [2.24, 2.45) is 5.10 Å². The van der Waals surface area contributed by atoms with Gasteiger partial charge in [-0.1, -0.05) is 42.1 Å². The van der Waals surface area contributed by atoms with Gasteiger partial charge in [0.1, 0.15) is 17.3 Å². The SMILES string of the molecule is COc1ccc(C(=O)NCc2nnc(SCC(=O)N3N=C(c4cccs4)C[C@@H]3c3ccc(F)cc3)n2-c2ccccc2OC)cc1. The molecule has 10 nitrogen and oxygen atoms in total. The van der Waals surface area contributed by atoms with E-state index in [0.717, 1.165) is 16.2 Å². The molecule has 0 saturated heterocycles. The Labute approximate surface area is 272 Å². The van der Waals surface area contributed by atoms with E-state index in [9.17, 15) is 14.0 Å². The lowest BCUT2D eigenvalue weighted by molar-refractivity contribution is -0.130. The highest BCUT2D eigenvalue weighted by Crippen LogP contribution is 2.35. The summed E-state index contributed by atoms with van der Waals surface area (Å²) in [5, 5.41) is 20.2. The Hall–Kier alpha value is -5.01. The topological polar surface area (TPSA) is 111 Å². The number of amides is 2. The molecule has 1 atom stereocenters. The standard InChI is InChI=1S/C33H29FN6O4S2/c1-43-24-15-11-22(12-16-24)32(42)35-19-30-36-37-33(39(30)26-6-3-4-7-28(26)44-2)46-20-31(41)40-27(21-9-13-23(34)14-10-21)18-25(38-40)29-8-5-17-45-29/h3-17,27H,18-20H2,1-2H3,(H,35,42)/t27-/m1/s1. The van der Waals surface area contributed by atoms with Gasteiger partial charge in [-0.25, -0.2) is 9.40 Å². The first-order valence-electron chi connectivity index (χ1n) is 14.3. The van der Waals surface area contributed by atoms with E-state index in [-0.39, 0.29) is 36.0 Å². The molecule has 1 aliphatic rings. The molecule has 46 heavy (non-hydrogen) atoms. The van der Waals surface area contributed by atoms with E-state index in [4.69, 9.17) is 14.6 Å². The number of hydrazone groups is 1. The van der Waals surface area contributed by atoms with Crippen LogP contribution in [0.2, 0.25) is 0 Å². The molecule has 0 aliphatic carbocycles. The van der Waals surface area contributed by atoms with Crippen LogP contribution < -0.4 is 14.8 Å². The summed E-state index contributed by atoms with van der Waals surface area (Å²) in [7, 11) is 3.13. The summed E-state index contributed by atoms with van der Waals surface area (Å²) in [5.41, 5.74) is 2.71. The zero-order chi connectivity index (χ0) is 32.0. The number of halogens is 1. The fourth-order valence-corrected chi connectivity index (χ4v) is 6.57. The lowest BCUT2D eigenvalue weighted by atomic mass is 10.0. The van der Waals surface area contributed by atoms with Crippen LogP contribution >= 0.6 is 23.1 Å². The number of hydrogen-bond donors (Lipinski definition) is 1. The van der Waals surface area contributed by atoms with Crippen molar-refractivity contribution >= 4 is 40.6 Å². The molecule has 0 spiro atoms. The van der Waals surface area contributed by atoms with Crippen LogP contribution in [-0.4, -0.2) is 57.3 Å². The highest BCUT2D eigenvalue weighted by molar-refractivity contribution is 7.99. The predicted octanol–water partition coefficient (Wildman–Crippen LogP) is 5.89. The number of nitrogens with one attached hydrogen (secondary N) is 1. The van der Waals surface area contributed by atoms with Gasteiger partial charge in [-0.15, -0.1) is 21.5 Å². The fraction of sp³-hybridized carbons (Fsp3) is 0.182. The van der Waals surface area contributed by atoms with Crippen LogP contribution in [0, 0.1) is 5.82 Å². The molecular weight excluding hydrogens is 628 g/mol. The van der Waals surface area contributed by atoms with E-state index in [2.05, 4.69) is 15.5 Å². The number of aromatic nitrogens is 3. The third-order valence-corrected chi connectivity index (χ3v) is 9.17. The molecule has 3 heterocycles. The Kier molecular flexibility index (Phi) is 9.41. The maximum atomic E-state index is 13.8. The van der Waals surface area contributed by atoms with E-state index >= 15 is 0 Å². The minimum Gasteiger partial charge on any atom is -0.497 e. The third kappa shape index (κ3) is 6.65. The van der Waals surface area contributed by atoms with Crippen molar-refractivity contribution in [1.29, 1.82) is 0 Å². The first-order chi connectivity index (χ1) is 22.4. The highest BCUT2D eigenvalue weighted by Gasteiger charge is 2.34. The van der Waals surface area contributed by atoms with Crippen LogP contribution in [0.5, 0.6) is 11.5 Å². The summed E-state index contributed by atoms with van der Waals surface area (Å²) in [6.07, 6.45) is 0.512. The predicted molar refractivity (Wildman–Crippen MR) is 174 cm³/mol. The van der Waals surface area contributed by atoms with Gasteiger partial charge in [0.2, 0.25) is 0 Å². The summed E-state index contributed by atoms with van der Waals surface area (Å²) >= 11 is 2.75. The van der Waals surface area contributed by atoms with Crippen molar-refractivity contribution in [2.45, 2.75) is 24.2 Å². The molecular formula is C33H29FN6O4S2. The maximum Gasteiger partial charge on any atom is 0.253 e. The third-order valence-electron chi connectivity index (χ3n) is 7.34. The molecule has 1 aliphatic heterocycles. The van der Waals surface area contributed by atoms with Crippen molar-refractivity contribution in [3.05, 3.63) is 118 Å². The lowest BCUT2D eigenvalue weighted by Gasteiger charge is -2.22. The molecule has 234 valence electrons. The average Bonchev–Trinajstić information content (AvgIpc) is 3.87. The molecule has 3 aromatic carbocycles. The van der Waals surface area contributed by atoms with Gasteiger partial charge < -0.3 is 14.8 Å². The van der Waals surface area contributed by atoms with Crippen molar-refractivity contribution < 1.29 is 23.5 Å². The van der Waals surface area contributed by atoms with E-state index in [1.54, 1.807) is 66.5 Å². The van der Waals surface area contributed by atoms with E-state index in [1.165, 1.54) is 28.9 Å². The molecule has 5 aromatic rings. The number of para-hydroxylation sites is 2.